The SMILES string of the molecule is C=C[C@]1(C)C[C@@H](OC(=O)CSC2CCCN(C(=O)[C@H](N)C(C)C)C2)[C@]2(C)[C@H](C)CC[C@]3(CCC(=O)[C@H]32)[C@@H](C)[C@@H]1O. The van der Waals surface area contributed by atoms with Gasteiger partial charge in [0.05, 0.1) is 17.9 Å². The Balaban J connectivity index is 1.52. The lowest BCUT2D eigenvalue weighted by molar-refractivity contribution is -0.205. The summed E-state index contributed by atoms with van der Waals surface area (Å²) in [5.41, 5.74) is 4.70. The van der Waals surface area contributed by atoms with Crippen LogP contribution in [0.25, 0.3) is 0 Å². The molecule has 1 saturated heterocycles. The number of Topliss-reactive ketones (excluding diaryl/α,β-unsaturated/α-hetero) is 1. The molecule has 0 aromatic carbocycles. The molecule has 2 bridgehead atoms. The molecule has 40 heavy (non-hydrogen) atoms. The van der Waals surface area contributed by atoms with Crippen molar-refractivity contribution in [1.29, 1.82) is 0 Å². The van der Waals surface area contributed by atoms with Crippen LogP contribution in [-0.2, 0) is 19.1 Å². The van der Waals surface area contributed by atoms with E-state index in [1.165, 1.54) is 0 Å². The van der Waals surface area contributed by atoms with E-state index in [1.807, 2.05) is 31.7 Å². The van der Waals surface area contributed by atoms with Crippen LogP contribution in [0.3, 0.4) is 0 Å². The molecular weight excluding hydrogens is 524 g/mol. The molecule has 7 nitrogen and oxygen atoms in total. The highest BCUT2D eigenvalue weighted by Crippen LogP contribution is 2.68. The predicted molar refractivity (Wildman–Crippen MR) is 160 cm³/mol. The first kappa shape index (κ1) is 31.6. The molecule has 4 fully saturated rings. The van der Waals surface area contributed by atoms with E-state index in [1.54, 1.807) is 11.8 Å². The molecule has 10 atom stereocenters. The zero-order valence-electron chi connectivity index (χ0n) is 25.5. The third-order valence-electron chi connectivity index (χ3n) is 11.7. The zero-order chi connectivity index (χ0) is 29.6. The third-order valence-corrected chi connectivity index (χ3v) is 13.0. The summed E-state index contributed by atoms with van der Waals surface area (Å²) in [6, 6.07) is -0.506. The number of rotatable bonds is 7. The van der Waals surface area contributed by atoms with Gasteiger partial charge in [-0.25, -0.2) is 0 Å². The Bertz CT molecular complexity index is 1000. The minimum absolute atomic E-state index is 0.0159. The number of ether oxygens (including phenoxy) is 1. The van der Waals surface area contributed by atoms with E-state index < -0.39 is 29.1 Å². The molecule has 0 radical (unpaired) electrons. The Morgan fingerprint density at radius 1 is 1.25 bits per heavy atom. The van der Waals surface area contributed by atoms with Crippen LogP contribution in [0.15, 0.2) is 12.7 Å². The van der Waals surface area contributed by atoms with Crippen molar-refractivity contribution in [1.82, 2.24) is 4.90 Å². The number of likely N-dealkylation sites (tertiary alicyclic amines) is 1. The number of piperidine rings is 1. The number of hydrogen-bond donors (Lipinski definition) is 2. The number of hydrogen-bond acceptors (Lipinski definition) is 7. The Kier molecular flexibility index (Phi) is 9.24. The number of nitrogens with zero attached hydrogens (tertiary/aromatic N) is 1. The molecule has 0 aromatic heterocycles. The molecule has 4 rings (SSSR count). The normalized spacial score (nSPS) is 42.5. The Labute approximate surface area is 245 Å². The molecule has 0 spiro atoms. The first-order chi connectivity index (χ1) is 18.7. The maximum absolute atomic E-state index is 13.6. The Morgan fingerprint density at radius 3 is 2.60 bits per heavy atom. The molecular formula is C32H52N2O5S. The fourth-order valence-electron chi connectivity index (χ4n) is 8.65. The number of aliphatic hydroxyl groups excluding tert-OH is 1. The van der Waals surface area contributed by atoms with Gasteiger partial charge in [0.25, 0.3) is 0 Å². The van der Waals surface area contributed by atoms with Crippen LogP contribution in [0.1, 0.15) is 86.5 Å². The van der Waals surface area contributed by atoms with Crippen molar-refractivity contribution in [2.24, 2.45) is 45.7 Å². The molecule has 3 N–H and O–H groups in total. The van der Waals surface area contributed by atoms with Crippen LogP contribution in [0, 0.1) is 39.9 Å². The highest BCUT2D eigenvalue weighted by Gasteiger charge is 2.68. The number of esters is 1. The van der Waals surface area contributed by atoms with Crippen molar-refractivity contribution in [3.63, 3.8) is 0 Å². The standard InChI is InChI=1S/C32H52N2O5S/c1-8-30(6)16-24(31(7)20(4)11-13-32(21(5)28(30)37)14-12-23(35)27(31)32)39-25(36)18-40-22-10-9-15-34(17-22)29(38)26(33)19(2)3/h8,19-22,24,26-28,37H,1,9-18,33H2,2-7H3/t20-,21+,22?,24-,26-,27+,28+,30-,31+,32+/m1/s1. The first-order valence-electron chi connectivity index (χ1n) is 15.4. The van der Waals surface area contributed by atoms with Crippen LogP contribution < -0.4 is 5.73 Å². The largest absolute Gasteiger partial charge is 0.461 e. The highest BCUT2D eigenvalue weighted by atomic mass is 32.2. The molecule has 4 aliphatic rings. The van der Waals surface area contributed by atoms with Gasteiger partial charge in [-0.3, -0.25) is 14.4 Å². The molecule has 0 aromatic rings. The summed E-state index contributed by atoms with van der Waals surface area (Å²) in [4.78, 5) is 41.7. The highest BCUT2D eigenvalue weighted by molar-refractivity contribution is 8.00. The number of thioether (sulfide) groups is 1. The maximum Gasteiger partial charge on any atom is 0.316 e. The first-order valence-corrected chi connectivity index (χ1v) is 16.5. The van der Waals surface area contributed by atoms with Gasteiger partial charge in [-0.1, -0.05) is 47.6 Å². The Hall–Kier alpha value is -1.38. The molecule has 3 aliphatic carbocycles. The monoisotopic (exact) mass is 576 g/mol. The molecule has 1 unspecified atom stereocenters. The summed E-state index contributed by atoms with van der Waals surface area (Å²) < 4.78 is 6.38. The number of carbonyl (C=O) groups excluding carboxylic acids is 3. The average molecular weight is 577 g/mol. The summed E-state index contributed by atoms with van der Waals surface area (Å²) in [6.45, 7) is 17.8. The van der Waals surface area contributed by atoms with E-state index in [-0.39, 0.29) is 57.7 Å². The van der Waals surface area contributed by atoms with Gasteiger partial charge in [-0.15, -0.1) is 18.3 Å². The van der Waals surface area contributed by atoms with Gasteiger partial charge in [0, 0.05) is 41.5 Å². The van der Waals surface area contributed by atoms with E-state index >= 15 is 0 Å². The number of aliphatic hydroxyl groups is 1. The lowest BCUT2D eigenvalue weighted by Crippen LogP contribution is -2.63. The van der Waals surface area contributed by atoms with E-state index in [0.717, 1.165) is 32.1 Å². The molecule has 1 amide bonds. The van der Waals surface area contributed by atoms with Crippen LogP contribution in [-0.4, -0.2) is 70.0 Å². The average Bonchev–Trinajstić information content (AvgIpc) is 3.29. The lowest BCUT2D eigenvalue weighted by Gasteiger charge is -2.61. The van der Waals surface area contributed by atoms with E-state index in [0.29, 0.717) is 25.9 Å². The zero-order valence-corrected chi connectivity index (χ0v) is 26.3. The van der Waals surface area contributed by atoms with E-state index in [4.69, 9.17) is 10.5 Å². The molecule has 3 saturated carbocycles. The third kappa shape index (κ3) is 5.30. The summed E-state index contributed by atoms with van der Waals surface area (Å²) >= 11 is 1.55. The number of carbonyl (C=O) groups is 3. The van der Waals surface area contributed by atoms with Gasteiger partial charge >= 0.3 is 5.97 Å². The van der Waals surface area contributed by atoms with Crippen molar-refractivity contribution in [2.75, 3.05) is 18.8 Å². The second-order valence-electron chi connectivity index (χ2n) is 14.2. The molecule has 1 aliphatic heterocycles. The van der Waals surface area contributed by atoms with Gasteiger partial charge in [-0.2, -0.15) is 0 Å². The van der Waals surface area contributed by atoms with Crippen molar-refractivity contribution >= 4 is 29.4 Å². The summed E-state index contributed by atoms with van der Waals surface area (Å²) in [7, 11) is 0. The van der Waals surface area contributed by atoms with Gasteiger partial charge in [0.15, 0.2) is 0 Å². The van der Waals surface area contributed by atoms with E-state index in [9.17, 15) is 19.5 Å². The number of nitrogens with two attached hydrogens (primary N) is 1. The maximum atomic E-state index is 13.6. The number of ketones is 1. The second kappa shape index (κ2) is 11.7. The molecule has 226 valence electrons. The van der Waals surface area contributed by atoms with Crippen molar-refractivity contribution in [3.8, 4) is 0 Å². The smallest absolute Gasteiger partial charge is 0.316 e. The minimum Gasteiger partial charge on any atom is -0.461 e. The van der Waals surface area contributed by atoms with Gasteiger partial charge in [0.2, 0.25) is 5.91 Å². The second-order valence-corrected chi connectivity index (χ2v) is 15.5. The summed E-state index contributed by atoms with van der Waals surface area (Å²) in [5, 5.41) is 11.8. The van der Waals surface area contributed by atoms with Gasteiger partial charge in [0.1, 0.15) is 11.9 Å². The van der Waals surface area contributed by atoms with Crippen LogP contribution in [0.2, 0.25) is 0 Å². The fraction of sp³-hybridized carbons (Fsp3) is 0.844. The van der Waals surface area contributed by atoms with Crippen molar-refractivity contribution < 1.29 is 24.2 Å². The van der Waals surface area contributed by atoms with E-state index in [2.05, 4.69) is 27.4 Å². The van der Waals surface area contributed by atoms with Crippen LogP contribution >= 0.6 is 11.8 Å². The van der Waals surface area contributed by atoms with Gasteiger partial charge < -0.3 is 20.5 Å². The molecule has 1 heterocycles. The summed E-state index contributed by atoms with van der Waals surface area (Å²) in [6.07, 6.45) is 6.12. The Morgan fingerprint density at radius 2 is 1.95 bits per heavy atom. The lowest BCUT2D eigenvalue weighted by atomic mass is 9.44. The molecule has 8 heteroatoms. The number of amides is 1. The van der Waals surface area contributed by atoms with Gasteiger partial charge in [-0.05, 0) is 61.7 Å². The van der Waals surface area contributed by atoms with Crippen LogP contribution in [0.5, 0.6) is 0 Å². The predicted octanol–water partition coefficient (Wildman–Crippen LogP) is 4.60. The minimum atomic E-state index is -0.671. The van der Waals surface area contributed by atoms with Crippen molar-refractivity contribution in [2.45, 2.75) is 110 Å². The topological polar surface area (TPSA) is 110 Å². The quantitative estimate of drug-likeness (QED) is 0.337. The van der Waals surface area contributed by atoms with Crippen LogP contribution in [0.4, 0.5) is 0 Å². The summed E-state index contributed by atoms with van der Waals surface area (Å²) in [5.74, 6) is 0.158. The van der Waals surface area contributed by atoms with Crippen molar-refractivity contribution in [3.05, 3.63) is 12.7 Å². The fourth-order valence-corrected chi connectivity index (χ4v) is 9.71.